The minimum absolute atomic E-state index is 0.0451. The summed E-state index contributed by atoms with van der Waals surface area (Å²) in [6.45, 7) is 4.60. The normalized spacial score (nSPS) is 11.1. The summed E-state index contributed by atoms with van der Waals surface area (Å²) in [5.74, 6) is 0. The van der Waals surface area contributed by atoms with E-state index < -0.39 is 0 Å². The van der Waals surface area contributed by atoms with Crippen molar-refractivity contribution in [2.75, 3.05) is 0 Å². The van der Waals surface area contributed by atoms with Crippen LogP contribution in [0.2, 0.25) is 0 Å². The van der Waals surface area contributed by atoms with Gasteiger partial charge in [0, 0.05) is 0 Å². The van der Waals surface area contributed by atoms with E-state index >= 15 is 0 Å². The molecule has 4 heteroatoms. The Morgan fingerprint density at radius 3 is 2.68 bits per heavy atom. The molecule has 0 saturated heterocycles. The minimum atomic E-state index is 0.0451. The number of hydrogen-bond acceptors (Lipinski definition) is 3. The molecule has 3 aromatic rings. The first-order valence-electron chi connectivity index (χ1n) is 6.14. The molecule has 0 unspecified atom stereocenters. The van der Waals surface area contributed by atoms with Gasteiger partial charge in [-0.1, -0.05) is 29.8 Å². The average Bonchev–Trinajstić information content (AvgIpc) is 2.78. The summed E-state index contributed by atoms with van der Waals surface area (Å²) >= 11 is 1.47. The quantitative estimate of drug-likeness (QED) is 0.717. The molecule has 0 radical (unpaired) electrons. The Morgan fingerprint density at radius 2 is 1.95 bits per heavy atom. The highest BCUT2D eigenvalue weighted by Crippen LogP contribution is 2.19. The summed E-state index contributed by atoms with van der Waals surface area (Å²) in [5, 5.41) is 1.98. The van der Waals surface area contributed by atoms with Gasteiger partial charge in [0.15, 0.2) is 0 Å². The fraction of sp³-hybridized carbons (Fsp3) is 0.200. The second-order valence-corrected chi connectivity index (χ2v) is 5.64. The van der Waals surface area contributed by atoms with Crippen molar-refractivity contribution < 1.29 is 0 Å². The number of nitrogens with zero attached hydrogens (tertiary/aromatic N) is 2. The maximum absolute atomic E-state index is 12.3. The highest BCUT2D eigenvalue weighted by atomic mass is 32.1. The lowest BCUT2D eigenvalue weighted by atomic mass is 10.1. The number of hydrogen-bond donors (Lipinski definition) is 0. The molecule has 1 aromatic carbocycles. The molecule has 0 saturated carbocycles. The van der Waals surface area contributed by atoms with E-state index in [2.05, 4.69) is 24.0 Å². The monoisotopic (exact) mass is 270 g/mol. The van der Waals surface area contributed by atoms with Gasteiger partial charge < -0.3 is 0 Å². The van der Waals surface area contributed by atoms with Gasteiger partial charge in [0.2, 0.25) is 0 Å². The van der Waals surface area contributed by atoms with Crippen LogP contribution in [0, 0.1) is 13.8 Å². The number of benzene rings is 1. The fourth-order valence-electron chi connectivity index (χ4n) is 2.06. The molecule has 0 N–H and O–H groups in total. The van der Waals surface area contributed by atoms with E-state index in [-0.39, 0.29) is 5.56 Å². The van der Waals surface area contributed by atoms with E-state index in [0.717, 1.165) is 21.3 Å². The van der Waals surface area contributed by atoms with Gasteiger partial charge in [-0.15, -0.1) is 11.3 Å². The zero-order chi connectivity index (χ0) is 13.4. The Balaban J connectivity index is 2.04. The van der Waals surface area contributed by atoms with Gasteiger partial charge in [-0.25, -0.2) is 4.98 Å². The van der Waals surface area contributed by atoms with Gasteiger partial charge in [-0.3, -0.25) is 9.36 Å². The summed E-state index contributed by atoms with van der Waals surface area (Å²) in [4.78, 5) is 16.7. The third-order valence-corrected chi connectivity index (χ3v) is 4.27. The van der Waals surface area contributed by atoms with Crippen molar-refractivity contribution in [2.24, 2.45) is 0 Å². The Kier molecular flexibility index (Phi) is 2.95. The van der Waals surface area contributed by atoms with E-state index in [9.17, 15) is 4.79 Å². The van der Waals surface area contributed by atoms with Crippen molar-refractivity contribution in [2.45, 2.75) is 20.4 Å². The van der Waals surface area contributed by atoms with Crippen molar-refractivity contribution in [3.63, 3.8) is 0 Å². The van der Waals surface area contributed by atoms with Crippen molar-refractivity contribution in [3.8, 4) is 0 Å². The molecule has 3 nitrogen and oxygen atoms in total. The topological polar surface area (TPSA) is 34.9 Å². The van der Waals surface area contributed by atoms with E-state index in [1.54, 1.807) is 10.9 Å². The molecule has 0 aliphatic carbocycles. The summed E-state index contributed by atoms with van der Waals surface area (Å²) in [7, 11) is 0. The van der Waals surface area contributed by atoms with E-state index in [1.165, 1.54) is 16.9 Å². The van der Waals surface area contributed by atoms with Gasteiger partial charge in [0.25, 0.3) is 5.56 Å². The number of rotatable bonds is 2. The molecular formula is C15H14N2OS. The van der Waals surface area contributed by atoms with Crippen LogP contribution in [-0.4, -0.2) is 9.55 Å². The van der Waals surface area contributed by atoms with Crippen LogP contribution in [-0.2, 0) is 6.54 Å². The van der Waals surface area contributed by atoms with Gasteiger partial charge in [-0.05, 0) is 30.4 Å². The number of aromatic nitrogens is 2. The maximum atomic E-state index is 12.3. The molecule has 2 heterocycles. The summed E-state index contributed by atoms with van der Waals surface area (Å²) < 4.78 is 2.41. The number of fused-ring (bicyclic) bond motifs is 1. The standard InChI is InChI=1S/C15H14N2OS/c1-10-3-5-12(6-4-10)7-17-9-16-13-11(2)8-19-14(13)15(17)18/h3-6,8-9H,7H2,1-2H3. The zero-order valence-corrected chi connectivity index (χ0v) is 11.7. The van der Waals surface area contributed by atoms with Crippen LogP contribution in [0.15, 0.2) is 40.8 Å². The first kappa shape index (κ1) is 12.1. The predicted molar refractivity (Wildman–Crippen MR) is 78.9 cm³/mol. The molecule has 0 aliphatic heterocycles. The molecule has 0 aliphatic rings. The lowest BCUT2D eigenvalue weighted by Gasteiger charge is -2.05. The van der Waals surface area contributed by atoms with Crippen molar-refractivity contribution in [1.82, 2.24) is 9.55 Å². The first-order chi connectivity index (χ1) is 9.15. The van der Waals surface area contributed by atoms with Crippen LogP contribution in [0.3, 0.4) is 0 Å². The Morgan fingerprint density at radius 1 is 1.21 bits per heavy atom. The lowest BCUT2D eigenvalue weighted by Crippen LogP contribution is -2.20. The Bertz CT molecular complexity index is 784. The first-order valence-corrected chi connectivity index (χ1v) is 7.02. The molecule has 19 heavy (non-hydrogen) atoms. The van der Waals surface area contributed by atoms with Crippen LogP contribution in [0.1, 0.15) is 16.7 Å². The third-order valence-electron chi connectivity index (χ3n) is 3.20. The molecule has 0 fully saturated rings. The summed E-state index contributed by atoms with van der Waals surface area (Å²) in [6.07, 6.45) is 1.64. The average molecular weight is 270 g/mol. The molecular weight excluding hydrogens is 256 g/mol. The maximum Gasteiger partial charge on any atom is 0.271 e. The SMILES string of the molecule is Cc1ccc(Cn2cnc3c(C)csc3c2=O)cc1. The van der Waals surface area contributed by atoms with Gasteiger partial charge >= 0.3 is 0 Å². The Hall–Kier alpha value is -1.94. The minimum Gasteiger partial charge on any atom is -0.294 e. The number of thiophene rings is 1. The van der Waals surface area contributed by atoms with Crippen molar-refractivity contribution in [3.05, 3.63) is 63.0 Å². The fourth-order valence-corrected chi connectivity index (χ4v) is 3.01. The zero-order valence-electron chi connectivity index (χ0n) is 10.9. The summed E-state index contributed by atoms with van der Waals surface area (Å²) in [5.41, 5.74) is 4.28. The van der Waals surface area contributed by atoms with Crippen molar-refractivity contribution in [1.29, 1.82) is 0 Å². The molecule has 0 amide bonds. The molecule has 3 rings (SSSR count). The molecule has 0 atom stereocenters. The van der Waals surface area contributed by atoms with Crippen LogP contribution < -0.4 is 5.56 Å². The van der Waals surface area contributed by atoms with Crippen LogP contribution in [0.25, 0.3) is 10.2 Å². The molecule has 2 aromatic heterocycles. The largest absolute Gasteiger partial charge is 0.294 e. The second kappa shape index (κ2) is 4.63. The van der Waals surface area contributed by atoms with Crippen LogP contribution in [0.4, 0.5) is 0 Å². The lowest BCUT2D eigenvalue weighted by molar-refractivity contribution is 0.749. The number of aryl methyl sites for hydroxylation is 2. The van der Waals surface area contributed by atoms with Crippen LogP contribution >= 0.6 is 11.3 Å². The molecule has 0 bridgehead atoms. The van der Waals surface area contributed by atoms with Crippen LogP contribution in [0.5, 0.6) is 0 Å². The van der Waals surface area contributed by atoms with Gasteiger partial charge in [0.1, 0.15) is 4.70 Å². The Labute approximate surface area is 115 Å². The predicted octanol–water partition coefficient (Wildman–Crippen LogP) is 3.12. The molecule has 96 valence electrons. The smallest absolute Gasteiger partial charge is 0.271 e. The van der Waals surface area contributed by atoms with E-state index in [0.29, 0.717) is 6.54 Å². The van der Waals surface area contributed by atoms with Crippen molar-refractivity contribution >= 4 is 21.6 Å². The highest BCUT2D eigenvalue weighted by molar-refractivity contribution is 7.17. The van der Waals surface area contributed by atoms with Gasteiger partial charge in [-0.2, -0.15) is 0 Å². The van der Waals surface area contributed by atoms with Gasteiger partial charge in [0.05, 0.1) is 18.4 Å². The molecule has 0 spiro atoms. The highest BCUT2D eigenvalue weighted by Gasteiger charge is 2.08. The second-order valence-electron chi connectivity index (χ2n) is 4.76. The van der Waals surface area contributed by atoms with E-state index in [4.69, 9.17) is 0 Å². The van der Waals surface area contributed by atoms with E-state index in [1.807, 2.05) is 24.4 Å². The third kappa shape index (κ3) is 2.19. The summed E-state index contributed by atoms with van der Waals surface area (Å²) in [6, 6.07) is 8.21.